The molecule has 2 aliphatic rings. The molecule has 2 rings (SSSR count). The Kier molecular flexibility index (Phi) is 5.62. The molecular formula is C16H28N2O3. The molecule has 1 atom stereocenters. The minimum absolute atomic E-state index is 0.166. The molecule has 21 heavy (non-hydrogen) atoms. The lowest BCUT2D eigenvalue weighted by Gasteiger charge is -2.37. The van der Waals surface area contributed by atoms with Crippen LogP contribution in [0.4, 0.5) is 0 Å². The summed E-state index contributed by atoms with van der Waals surface area (Å²) in [6.45, 7) is 1.51. The van der Waals surface area contributed by atoms with Crippen molar-refractivity contribution in [3.05, 3.63) is 0 Å². The van der Waals surface area contributed by atoms with Crippen LogP contribution in [0.3, 0.4) is 0 Å². The SMILES string of the molecule is NC1(CC(=O)N2CCCC(CCC(=O)O)C2)CCCCC1. The lowest BCUT2D eigenvalue weighted by atomic mass is 9.79. The van der Waals surface area contributed by atoms with E-state index in [-0.39, 0.29) is 17.9 Å². The average Bonchev–Trinajstić information content (AvgIpc) is 2.45. The first-order chi connectivity index (χ1) is 9.98. The van der Waals surface area contributed by atoms with Crippen LogP contribution in [-0.4, -0.2) is 40.5 Å². The number of rotatable bonds is 5. The molecule has 5 nitrogen and oxygen atoms in total. The molecule has 0 aromatic rings. The number of nitrogens with zero attached hydrogens (tertiary/aromatic N) is 1. The van der Waals surface area contributed by atoms with Gasteiger partial charge in [0.05, 0.1) is 0 Å². The maximum absolute atomic E-state index is 12.5. The van der Waals surface area contributed by atoms with Crippen LogP contribution in [0, 0.1) is 5.92 Å². The van der Waals surface area contributed by atoms with Gasteiger partial charge in [-0.3, -0.25) is 9.59 Å². The summed E-state index contributed by atoms with van der Waals surface area (Å²) in [4.78, 5) is 25.1. The monoisotopic (exact) mass is 296 g/mol. The van der Waals surface area contributed by atoms with Gasteiger partial charge in [0.25, 0.3) is 0 Å². The van der Waals surface area contributed by atoms with Crippen molar-refractivity contribution in [2.75, 3.05) is 13.1 Å². The van der Waals surface area contributed by atoms with E-state index < -0.39 is 5.97 Å². The van der Waals surface area contributed by atoms with Gasteiger partial charge in [-0.15, -0.1) is 0 Å². The van der Waals surface area contributed by atoms with E-state index in [1.54, 1.807) is 0 Å². The summed E-state index contributed by atoms with van der Waals surface area (Å²) < 4.78 is 0. The van der Waals surface area contributed by atoms with Crippen molar-refractivity contribution >= 4 is 11.9 Å². The predicted molar refractivity (Wildman–Crippen MR) is 80.8 cm³/mol. The third-order valence-corrected chi connectivity index (χ3v) is 4.99. The van der Waals surface area contributed by atoms with Crippen molar-refractivity contribution in [3.8, 4) is 0 Å². The Morgan fingerprint density at radius 1 is 1.19 bits per heavy atom. The molecule has 1 amide bonds. The summed E-state index contributed by atoms with van der Waals surface area (Å²) in [7, 11) is 0. The quantitative estimate of drug-likeness (QED) is 0.814. The van der Waals surface area contributed by atoms with Gasteiger partial charge in [0.2, 0.25) is 5.91 Å². The first kappa shape index (κ1) is 16.3. The third kappa shape index (κ3) is 4.99. The molecule has 0 radical (unpaired) electrons. The third-order valence-electron chi connectivity index (χ3n) is 4.99. The van der Waals surface area contributed by atoms with Crippen LogP contribution in [0.25, 0.3) is 0 Å². The average molecular weight is 296 g/mol. The highest BCUT2D eigenvalue weighted by atomic mass is 16.4. The second-order valence-electron chi connectivity index (χ2n) is 6.88. The Balaban J connectivity index is 1.82. The number of hydrogen-bond donors (Lipinski definition) is 2. The maximum Gasteiger partial charge on any atom is 0.303 e. The number of carbonyl (C=O) groups excluding carboxylic acids is 1. The zero-order chi connectivity index (χ0) is 15.3. The molecular weight excluding hydrogens is 268 g/mol. The van der Waals surface area contributed by atoms with Crippen LogP contribution >= 0.6 is 0 Å². The van der Waals surface area contributed by atoms with E-state index in [9.17, 15) is 9.59 Å². The van der Waals surface area contributed by atoms with Crippen molar-refractivity contribution in [2.45, 2.75) is 69.7 Å². The van der Waals surface area contributed by atoms with Crippen LogP contribution in [0.1, 0.15) is 64.2 Å². The van der Waals surface area contributed by atoms with Gasteiger partial charge < -0.3 is 15.7 Å². The minimum Gasteiger partial charge on any atom is -0.481 e. The molecule has 0 aromatic carbocycles. The van der Waals surface area contributed by atoms with E-state index in [0.29, 0.717) is 25.3 Å². The van der Waals surface area contributed by atoms with Crippen molar-refractivity contribution < 1.29 is 14.7 Å². The van der Waals surface area contributed by atoms with Gasteiger partial charge in [-0.05, 0) is 38.0 Å². The molecule has 1 heterocycles. The van der Waals surface area contributed by atoms with E-state index in [4.69, 9.17) is 10.8 Å². The smallest absolute Gasteiger partial charge is 0.303 e. The van der Waals surface area contributed by atoms with E-state index in [0.717, 1.165) is 45.1 Å². The molecule has 3 N–H and O–H groups in total. The highest BCUT2D eigenvalue weighted by Crippen LogP contribution is 2.30. The van der Waals surface area contributed by atoms with Gasteiger partial charge in [-0.25, -0.2) is 0 Å². The van der Waals surface area contributed by atoms with Crippen molar-refractivity contribution in [1.29, 1.82) is 0 Å². The van der Waals surface area contributed by atoms with Crippen LogP contribution in [0.2, 0.25) is 0 Å². The molecule has 120 valence electrons. The summed E-state index contributed by atoms with van der Waals surface area (Å²) in [6, 6.07) is 0. The van der Waals surface area contributed by atoms with Crippen LogP contribution in [-0.2, 0) is 9.59 Å². The summed E-state index contributed by atoms with van der Waals surface area (Å²) in [5.74, 6) is -0.250. The molecule has 1 saturated carbocycles. The van der Waals surface area contributed by atoms with Crippen LogP contribution in [0.5, 0.6) is 0 Å². The number of amides is 1. The predicted octanol–water partition coefficient (Wildman–Crippen LogP) is 2.14. The number of carbonyl (C=O) groups is 2. The number of likely N-dealkylation sites (tertiary alicyclic amines) is 1. The number of hydrogen-bond acceptors (Lipinski definition) is 3. The van der Waals surface area contributed by atoms with Crippen molar-refractivity contribution in [2.24, 2.45) is 11.7 Å². The fourth-order valence-electron chi connectivity index (χ4n) is 3.70. The lowest BCUT2D eigenvalue weighted by Crippen LogP contribution is -2.49. The Labute approximate surface area is 126 Å². The van der Waals surface area contributed by atoms with Gasteiger partial charge in [-0.1, -0.05) is 19.3 Å². The highest BCUT2D eigenvalue weighted by molar-refractivity contribution is 5.77. The van der Waals surface area contributed by atoms with Gasteiger partial charge >= 0.3 is 5.97 Å². The van der Waals surface area contributed by atoms with Gasteiger partial charge in [-0.2, -0.15) is 0 Å². The number of carboxylic acid groups (broad SMARTS) is 1. The van der Waals surface area contributed by atoms with Crippen molar-refractivity contribution in [3.63, 3.8) is 0 Å². The molecule has 1 aliphatic heterocycles. The molecule has 2 fully saturated rings. The van der Waals surface area contributed by atoms with Gasteiger partial charge in [0, 0.05) is 31.5 Å². The van der Waals surface area contributed by atoms with Gasteiger partial charge in [0.15, 0.2) is 0 Å². The van der Waals surface area contributed by atoms with Crippen LogP contribution < -0.4 is 5.73 Å². The van der Waals surface area contributed by atoms with Crippen molar-refractivity contribution in [1.82, 2.24) is 4.90 Å². The molecule has 0 aromatic heterocycles. The fraction of sp³-hybridized carbons (Fsp3) is 0.875. The molecule has 0 spiro atoms. The Morgan fingerprint density at radius 3 is 2.57 bits per heavy atom. The number of aliphatic carboxylic acids is 1. The maximum atomic E-state index is 12.5. The first-order valence-corrected chi connectivity index (χ1v) is 8.27. The summed E-state index contributed by atoms with van der Waals surface area (Å²) in [5.41, 5.74) is 6.07. The molecule has 0 bridgehead atoms. The fourth-order valence-corrected chi connectivity index (χ4v) is 3.70. The van der Waals surface area contributed by atoms with E-state index >= 15 is 0 Å². The van der Waals surface area contributed by atoms with E-state index in [2.05, 4.69) is 0 Å². The van der Waals surface area contributed by atoms with Crippen LogP contribution in [0.15, 0.2) is 0 Å². The second-order valence-corrected chi connectivity index (χ2v) is 6.88. The molecule has 1 unspecified atom stereocenters. The highest BCUT2D eigenvalue weighted by Gasteiger charge is 2.33. The lowest BCUT2D eigenvalue weighted by molar-refractivity contribution is -0.137. The summed E-state index contributed by atoms with van der Waals surface area (Å²) in [5, 5.41) is 8.77. The standard InChI is InChI=1S/C16H28N2O3/c17-16(8-2-1-3-9-16)11-14(19)18-10-4-5-13(12-18)6-7-15(20)21/h13H,1-12,17H2,(H,20,21). The number of nitrogens with two attached hydrogens (primary N) is 1. The normalized spacial score (nSPS) is 25.6. The Bertz CT molecular complexity index is 378. The zero-order valence-electron chi connectivity index (χ0n) is 12.9. The molecule has 5 heteroatoms. The summed E-state index contributed by atoms with van der Waals surface area (Å²) >= 11 is 0. The van der Waals surface area contributed by atoms with E-state index in [1.807, 2.05) is 4.90 Å². The Hall–Kier alpha value is -1.10. The van der Waals surface area contributed by atoms with E-state index in [1.165, 1.54) is 6.42 Å². The number of carboxylic acids is 1. The largest absolute Gasteiger partial charge is 0.481 e. The first-order valence-electron chi connectivity index (χ1n) is 8.27. The minimum atomic E-state index is -0.749. The topological polar surface area (TPSA) is 83.6 Å². The molecule has 1 aliphatic carbocycles. The number of piperidine rings is 1. The zero-order valence-corrected chi connectivity index (χ0v) is 12.9. The summed E-state index contributed by atoms with van der Waals surface area (Å²) in [6.07, 6.45) is 8.74. The Morgan fingerprint density at radius 2 is 1.90 bits per heavy atom. The second kappa shape index (κ2) is 7.25. The van der Waals surface area contributed by atoms with Gasteiger partial charge in [0.1, 0.15) is 0 Å². The molecule has 1 saturated heterocycles.